The number of carboxylic acids is 1. The molecule has 1 unspecified atom stereocenters. The summed E-state index contributed by atoms with van der Waals surface area (Å²) in [4.78, 5) is 10.9. The molecule has 0 aliphatic heterocycles. The summed E-state index contributed by atoms with van der Waals surface area (Å²) in [7, 11) is 0. The summed E-state index contributed by atoms with van der Waals surface area (Å²) in [6.45, 7) is 3.69. The van der Waals surface area contributed by atoms with Crippen molar-refractivity contribution in [3.8, 4) is 5.69 Å². The highest BCUT2D eigenvalue weighted by Crippen LogP contribution is 2.14. The van der Waals surface area contributed by atoms with Gasteiger partial charge in [0.1, 0.15) is 0 Å². The summed E-state index contributed by atoms with van der Waals surface area (Å²) in [5, 5.41) is 16.8. The zero-order valence-corrected chi connectivity index (χ0v) is 10.4. The summed E-state index contributed by atoms with van der Waals surface area (Å²) in [6.07, 6.45) is 2.02. The van der Waals surface area contributed by atoms with E-state index in [9.17, 15) is 4.79 Å². The second kappa shape index (κ2) is 5.00. The Labute approximate surface area is 105 Å². The maximum Gasteiger partial charge on any atom is 0.306 e. The summed E-state index contributed by atoms with van der Waals surface area (Å²) in [5.41, 5.74) is 2.86. The molecule has 0 saturated carbocycles. The molecule has 18 heavy (non-hydrogen) atoms. The third kappa shape index (κ3) is 2.56. The van der Waals surface area contributed by atoms with Crippen molar-refractivity contribution >= 4 is 5.97 Å². The Hall–Kier alpha value is -2.17. The predicted octanol–water partition coefficient (Wildman–Crippen LogP) is 1.84. The molecule has 1 N–H and O–H groups in total. The van der Waals surface area contributed by atoms with Crippen molar-refractivity contribution in [1.82, 2.24) is 15.0 Å². The van der Waals surface area contributed by atoms with Crippen molar-refractivity contribution in [2.75, 3.05) is 0 Å². The SMILES string of the molecule is Cc1ccc(-n2nncc2CC(C)C(=O)O)cc1. The fourth-order valence-corrected chi connectivity index (χ4v) is 1.70. The molecular weight excluding hydrogens is 230 g/mol. The molecule has 0 aliphatic carbocycles. The van der Waals surface area contributed by atoms with Crippen molar-refractivity contribution in [3.05, 3.63) is 41.7 Å². The fraction of sp³-hybridized carbons (Fsp3) is 0.308. The topological polar surface area (TPSA) is 68.0 Å². The average molecular weight is 245 g/mol. The van der Waals surface area contributed by atoms with Crippen molar-refractivity contribution < 1.29 is 9.90 Å². The van der Waals surface area contributed by atoms with E-state index in [0.29, 0.717) is 6.42 Å². The number of hydrogen-bond donors (Lipinski definition) is 1. The standard InChI is InChI=1S/C13H15N3O2/c1-9-3-5-11(6-4-9)16-12(8-14-15-16)7-10(2)13(17)18/h3-6,8,10H,7H2,1-2H3,(H,17,18). The maximum absolute atomic E-state index is 10.9. The van der Waals surface area contributed by atoms with Gasteiger partial charge in [0.15, 0.2) is 0 Å². The quantitative estimate of drug-likeness (QED) is 0.892. The van der Waals surface area contributed by atoms with Gasteiger partial charge in [0.05, 0.1) is 23.5 Å². The van der Waals surface area contributed by atoms with Crippen LogP contribution >= 0.6 is 0 Å². The smallest absolute Gasteiger partial charge is 0.306 e. The number of aryl methyl sites for hydroxylation is 1. The minimum atomic E-state index is -0.813. The number of benzene rings is 1. The average Bonchev–Trinajstić information content (AvgIpc) is 2.78. The molecule has 0 radical (unpaired) electrons. The van der Waals surface area contributed by atoms with E-state index in [1.165, 1.54) is 5.56 Å². The van der Waals surface area contributed by atoms with Gasteiger partial charge in [-0.1, -0.05) is 29.8 Å². The number of aromatic nitrogens is 3. The Morgan fingerprint density at radius 2 is 2.06 bits per heavy atom. The molecule has 2 rings (SSSR count). The molecule has 94 valence electrons. The van der Waals surface area contributed by atoms with Gasteiger partial charge in [-0.05, 0) is 19.1 Å². The molecule has 0 aliphatic rings. The van der Waals surface area contributed by atoms with E-state index in [4.69, 9.17) is 5.11 Å². The van der Waals surface area contributed by atoms with Crippen LogP contribution in [-0.4, -0.2) is 26.1 Å². The molecule has 0 spiro atoms. The van der Waals surface area contributed by atoms with Crippen molar-refractivity contribution in [1.29, 1.82) is 0 Å². The number of carboxylic acid groups (broad SMARTS) is 1. The van der Waals surface area contributed by atoms with E-state index >= 15 is 0 Å². The Morgan fingerprint density at radius 1 is 1.39 bits per heavy atom. The Bertz CT molecular complexity index is 546. The van der Waals surface area contributed by atoms with Crippen LogP contribution in [0.5, 0.6) is 0 Å². The third-order valence-corrected chi connectivity index (χ3v) is 2.84. The molecule has 5 nitrogen and oxygen atoms in total. The second-order valence-corrected chi connectivity index (χ2v) is 4.42. The largest absolute Gasteiger partial charge is 0.481 e. The molecule has 0 fully saturated rings. The highest BCUT2D eigenvalue weighted by molar-refractivity contribution is 5.69. The summed E-state index contributed by atoms with van der Waals surface area (Å²) in [5.74, 6) is -1.26. The Morgan fingerprint density at radius 3 is 2.67 bits per heavy atom. The van der Waals surface area contributed by atoms with Crippen molar-refractivity contribution in [3.63, 3.8) is 0 Å². The maximum atomic E-state index is 10.9. The number of carbonyl (C=O) groups is 1. The van der Waals surface area contributed by atoms with Gasteiger partial charge in [0, 0.05) is 6.42 Å². The highest BCUT2D eigenvalue weighted by Gasteiger charge is 2.15. The van der Waals surface area contributed by atoms with Gasteiger partial charge < -0.3 is 5.11 Å². The summed E-state index contributed by atoms with van der Waals surface area (Å²) >= 11 is 0. The van der Waals surface area contributed by atoms with Crippen LogP contribution in [0.15, 0.2) is 30.5 Å². The van der Waals surface area contributed by atoms with Gasteiger partial charge >= 0.3 is 5.97 Å². The third-order valence-electron chi connectivity index (χ3n) is 2.84. The van der Waals surface area contributed by atoms with Crippen molar-refractivity contribution in [2.45, 2.75) is 20.3 Å². The first kappa shape index (κ1) is 12.3. The van der Waals surface area contributed by atoms with Gasteiger partial charge in [-0.25, -0.2) is 4.68 Å². The second-order valence-electron chi connectivity index (χ2n) is 4.42. The summed E-state index contributed by atoms with van der Waals surface area (Å²) in [6, 6.07) is 7.86. The molecule has 1 aromatic carbocycles. The fourth-order valence-electron chi connectivity index (χ4n) is 1.70. The lowest BCUT2D eigenvalue weighted by atomic mass is 10.1. The van der Waals surface area contributed by atoms with E-state index in [-0.39, 0.29) is 0 Å². The monoisotopic (exact) mass is 245 g/mol. The normalized spacial score (nSPS) is 12.3. The Balaban J connectivity index is 2.27. The lowest BCUT2D eigenvalue weighted by molar-refractivity contribution is -0.141. The van der Waals surface area contributed by atoms with E-state index in [0.717, 1.165) is 11.4 Å². The first-order valence-electron chi connectivity index (χ1n) is 5.77. The van der Waals surface area contributed by atoms with Gasteiger partial charge in [-0.2, -0.15) is 0 Å². The van der Waals surface area contributed by atoms with Gasteiger partial charge in [0.25, 0.3) is 0 Å². The molecule has 1 heterocycles. The zero-order chi connectivity index (χ0) is 13.1. The Kier molecular flexibility index (Phi) is 3.41. The van der Waals surface area contributed by atoms with Crippen LogP contribution in [0.4, 0.5) is 0 Å². The van der Waals surface area contributed by atoms with Crippen LogP contribution in [0.3, 0.4) is 0 Å². The predicted molar refractivity (Wildman–Crippen MR) is 66.6 cm³/mol. The van der Waals surface area contributed by atoms with Crippen LogP contribution in [0.1, 0.15) is 18.2 Å². The van der Waals surface area contributed by atoms with Gasteiger partial charge in [0.2, 0.25) is 0 Å². The number of hydrogen-bond acceptors (Lipinski definition) is 3. The molecule has 1 atom stereocenters. The van der Waals surface area contributed by atoms with E-state index < -0.39 is 11.9 Å². The van der Waals surface area contributed by atoms with Crippen LogP contribution in [0.2, 0.25) is 0 Å². The van der Waals surface area contributed by atoms with Crippen molar-refractivity contribution in [2.24, 2.45) is 5.92 Å². The van der Waals surface area contributed by atoms with E-state index in [1.807, 2.05) is 31.2 Å². The molecule has 1 aromatic heterocycles. The minimum Gasteiger partial charge on any atom is -0.481 e. The zero-order valence-electron chi connectivity index (χ0n) is 10.4. The van der Waals surface area contributed by atoms with Crippen LogP contribution in [-0.2, 0) is 11.2 Å². The molecule has 0 amide bonds. The van der Waals surface area contributed by atoms with Gasteiger partial charge in [-0.15, -0.1) is 5.10 Å². The van der Waals surface area contributed by atoms with E-state index in [1.54, 1.807) is 17.8 Å². The number of aliphatic carboxylic acids is 1. The molecular formula is C13H15N3O2. The molecule has 0 saturated heterocycles. The number of nitrogens with zero attached hydrogens (tertiary/aromatic N) is 3. The molecule has 0 bridgehead atoms. The minimum absolute atomic E-state index is 0.413. The highest BCUT2D eigenvalue weighted by atomic mass is 16.4. The summed E-state index contributed by atoms with van der Waals surface area (Å²) < 4.78 is 1.68. The van der Waals surface area contributed by atoms with E-state index in [2.05, 4.69) is 10.3 Å². The van der Waals surface area contributed by atoms with Crippen LogP contribution in [0, 0.1) is 12.8 Å². The molecule has 2 aromatic rings. The van der Waals surface area contributed by atoms with Crippen LogP contribution < -0.4 is 0 Å². The lowest BCUT2D eigenvalue weighted by Gasteiger charge is -2.08. The number of rotatable bonds is 4. The first-order valence-corrected chi connectivity index (χ1v) is 5.77. The lowest BCUT2D eigenvalue weighted by Crippen LogP contribution is -2.15. The molecule has 5 heteroatoms. The van der Waals surface area contributed by atoms with Crippen LogP contribution in [0.25, 0.3) is 5.69 Å². The van der Waals surface area contributed by atoms with Gasteiger partial charge in [-0.3, -0.25) is 4.79 Å². The first-order chi connectivity index (χ1) is 8.58.